The Labute approximate surface area is 162 Å². The monoisotopic (exact) mass is 382 g/mol. The third kappa shape index (κ3) is 3.59. The van der Waals surface area contributed by atoms with Crippen LogP contribution in [0, 0.1) is 0 Å². The van der Waals surface area contributed by atoms with Crippen LogP contribution in [-0.2, 0) is 0 Å². The molecule has 5 heteroatoms. The van der Waals surface area contributed by atoms with Gasteiger partial charge in [0.25, 0.3) is 0 Å². The van der Waals surface area contributed by atoms with E-state index in [1.54, 1.807) is 18.3 Å². The number of allylic oxidation sites excluding steroid dienone is 1. The summed E-state index contributed by atoms with van der Waals surface area (Å²) >= 11 is 12.3. The van der Waals surface area contributed by atoms with E-state index in [0.29, 0.717) is 15.8 Å². The van der Waals surface area contributed by atoms with Crippen LogP contribution >= 0.6 is 23.2 Å². The molecule has 0 atom stereocenters. The van der Waals surface area contributed by atoms with E-state index in [2.05, 4.69) is 11.1 Å². The normalized spacial score (nSPS) is 15.9. The van der Waals surface area contributed by atoms with E-state index in [1.807, 2.05) is 36.5 Å². The second-order valence-electron chi connectivity index (χ2n) is 6.07. The quantitative estimate of drug-likeness (QED) is 0.531. The molecule has 4 rings (SSSR count). The van der Waals surface area contributed by atoms with Crippen molar-refractivity contribution in [1.82, 2.24) is 4.98 Å². The van der Waals surface area contributed by atoms with E-state index >= 15 is 0 Å². The molecule has 0 N–H and O–H groups in total. The summed E-state index contributed by atoms with van der Waals surface area (Å²) in [6.45, 7) is 0.839. The van der Waals surface area contributed by atoms with Crippen LogP contribution in [-0.4, -0.2) is 17.2 Å². The maximum Gasteiger partial charge on any atom is 0.136 e. The molecule has 1 aliphatic rings. The van der Waals surface area contributed by atoms with Gasteiger partial charge in [-0.1, -0.05) is 23.2 Å². The molecular formula is C21H16Cl2N2O. The van der Waals surface area contributed by atoms with Crippen LogP contribution in [0.1, 0.15) is 24.2 Å². The molecule has 26 heavy (non-hydrogen) atoms. The predicted molar refractivity (Wildman–Crippen MR) is 107 cm³/mol. The smallest absolute Gasteiger partial charge is 0.136 e. The minimum atomic E-state index is 0.571. The molecule has 0 spiro atoms. The Balaban J connectivity index is 1.67. The van der Waals surface area contributed by atoms with Gasteiger partial charge in [-0.15, -0.1) is 0 Å². The number of benzene rings is 1. The summed E-state index contributed by atoms with van der Waals surface area (Å²) < 4.78 is 6.00. The van der Waals surface area contributed by atoms with Gasteiger partial charge in [0.15, 0.2) is 0 Å². The van der Waals surface area contributed by atoms with Crippen molar-refractivity contribution in [3.05, 3.63) is 81.8 Å². The van der Waals surface area contributed by atoms with Gasteiger partial charge in [-0.3, -0.25) is 9.98 Å². The first-order chi connectivity index (χ1) is 12.7. The fourth-order valence-corrected chi connectivity index (χ4v) is 3.54. The molecule has 0 unspecified atom stereocenters. The van der Waals surface area contributed by atoms with Gasteiger partial charge in [-0.2, -0.15) is 0 Å². The van der Waals surface area contributed by atoms with Gasteiger partial charge in [-0.25, -0.2) is 0 Å². The molecule has 3 heterocycles. The van der Waals surface area contributed by atoms with Gasteiger partial charge < -0.3 is 4.42 Å². The van der Waals surface area contributed by atoms with Crippen LogP contribution in [0.25, 0.3) is 17.4 Å². The molecule has 0 bridgehead atoms. The van der Waals surface area contributed by atoms with Crippen LogP contribution in [0.2, 0.25) is 10.0 Å². The van der Waals surface area contributed by atoms with Crippen molar-refractivity contribution in [1.29, 1.82) is 0 Å². The third-order valence-corrected chi connectivity index (χ3v) is 4.80. The molecule has 3 aromatic rings. The van der Waals surface area contributed by atoms with Gasteiger partial charge in [0.05, 0.1) is 10.7 Å². The second kappa shape index (κ2) is 7.48. The summed E-state index contributed by atoms with van der Waals surface area (Å²) in [7, 11) is 0. The Bertz CT molecular complexity index is 990. The molecule has 130 valence electrons. The Morgan fingerprint density at radius 2 is 2.00 bits per heavy atom. The average Bonchev–Trinajstić information content (AvgIpc) is 3.11. The highest BCUT2D eigenvalue weighted by Crippen LogP contribution is 2.32. The van der Waals surface area contributed by atoms with Gasteiger partial charge in [0, 0.05) is 35.1 Å². The van der Waals surface area contributed by atoms with Gasteiger partial charge in [-0.05, 0) is 67.0 Å². The van der Waals surface area contributed by atoms with Crippen molar-refractivity contribution in [2.75, 3.05) is 6.54 Å². The van der Waals surface area contributed by atoms with E-state index in [1.165, 1.54) is 0 Å². The van der Waals surface area contributed by atoms with E-state index < -0.39 is 0 Å². The molecule has 0 amide bonds. The number of hydrogen-bond donors (Lipinski definition) is 0. The highest BCUT2D eigenvalue weighted by atomic mass is 35.5. The summed E-state index contributed by atoms with van der Waals surface area (Å²) in [5, 5.41) is 1.17. The first-order valence-electron chi connectivity index (χ1n) is 8.42. The molecule has 1 aliphatic heterocycles. The molecule has 0 saturated carbocycles. The van der Waals surface area contributed by atoms with Gasteiger partial charge in [0.1, 0.15) is 11.5 Å². The second-order valence-corrected chi connectivity index (χ2v) is 6.91. The molecule has 0 aliphatic carbocycles. The lowest BCUT2D eigenvalue weighted by atomic mass is 9.96. The van der Waals surface area contributed by atoms with Crippen LogP contribution in [0.4, 0.5) is 0 Å². The molecule has 1 aromatic carbocycles. The molecular weight excluding hydrogens is 367 g/mol. The SMILES string of the molecule is Clc1ccc(-c2ccc(/C=C3\CCCN=C3c3cccnc3)o2)c(Cl)c1. The first kappa shape index (κ1) is 17.1. The zero-order chi connectivity index (χ0) is 17.9. The van der Waals surface area contributed by atoms with Crippen molar-refractivity contribution >= 4 is 35.0 Å². The van der Waals surface area contributed by atoms with Gasteiger partial charge in [0.2, 0.25) is 0 Å². The fraction of sp³-hybridized carbons (Fsp3) is 0.143. The largest absolute Gasteiger partial charge is 0.457 e. The van der Waals surface area contributed by atoms with Crippen LogP contribution in [0.15, 0.2) is 69.8 Å². The number of furan rings is 1. The van der Waals surface area contributed by atoms with Crippen molar-refractivity contribution in [2.24, 2.45) is 4.99 Å². The Morgan fingerprint density at radius 1 is 1.08 bits per heavy atom. The first-order valence-corrected chi connectivity index (χ1v) is 9.17. The molecule has 0 radical (unpaired) electrons. The summed E-state index contributed by atoms with van der Waals surface area (Å²) in [5.41, 5.74) is 4.01. The standard InChI is InChI=1S/C21H16Cl2N2O/c22-16-5-7-18(19(23)12-16)20-8-6-17(26-20)11-14-3-2-10-25-21(14)15-4-1-9-24-13-15/h1,4-9,11-13H,2-3,10H2/b14-11+. The van der Waals surface area contributed by atoms with Crippen molar-refractivity contribution in [3.8, 4) is 11.3 Å². The van der Waals surface area contributed by atoms with E-state index in [0.717, 1.165) is 47.6 Å². The zero-order valence-corrected chi connectivity index (χ0v) is 15.5. The molecule has 2 aromatic heterocycles. The maximum absolute atomic E-state index is 6.28. The van der Waals surface area contributed by atoms with Crippen molar-refractivity contribution < 1.29 is 4.42 Å². The third-order valence-electron chi connectivity index (χ3n) is 4.25. The Kier molecular flexibility index (Phi) is 4.91. The average molecular weight is 383 g/mol. The number of nitrogens with zero attached hydrogens (tertiary/aromatic N) is 2. The lowest BCUT2D eigenvalue weighted by Gasteiger charge is -2.15. The lowest BCUT2D eigenvalue weighted by molar-refractivity contribution is 0.571. The van der Waals surface area contributed by atoms with Crippen LogP contribution in [0.3, 0.4) is 0 Å². The maximum atomic E-state index is 6.28. The number of aromatic nitrogens is 1. The number of hydrogen-bond acceptors (Lipinski definition) is 3. The number of aliphatic imine (C=N–C) groups is 1. The minimum absolute atomic E-state index is 0.571. The number of rotatable bonds is 3. The predicted octanol–water partition coefficient (Wildman–Crippen LogP) is 6.31. The highest BCUT2D eigenvalue weighted by Gasteiger charge is 2.15. The fourth-order valence-electron chi connectivity index (χ4n) is 3.04. The Morgan fingerprint density at radius 3 is 2.81 bits per heavy atom. The van der Waals surface area contributed by atoms with Crippen molar-refractivity contribution in [2.45, 2.75) is 12.8 Å². The summed E-state index contributed by atoms with van der Waals surface area (Å²) in [6.07, 6.45) is 7.67. The number of halogens is 2. The van der Waals surface area contributed by atoms with Crippen LogP contribution < -0.4 is 0 Å². The molecule has 0 saturated heterocycles. The highest BCUT2D eigenvalue weighted by molar-refractivity contribution is 6.36. The summed E-state index contributed by atoms with van der Waals surface area (Å²) in [5.74, 6) is 1.49. The molecule has 3 nitrogen and oxygen atoms in total. The van der Waals surface area contributed by atoms with Crippen LogP contribution in [0.5, 0.6) is 0 Å². The summed E-state index contributed by atoms with van der Waals surface area (Å²) in [6, 6.07) is 13.2. The van der Waals surface area contributed by atoms with Crippen molar-refractivity contribution in [3.63, 3.8) is 0 Å². The summed E-state index contributed by atoms with van der Waals surface area (Å²) in [4.78, 5) is 8.90. The van der Waals surface area contributed by atoms with Gasteiger partial charge >= 0.3 is 0 Å². The van der Waals surface area contributed by atoms with E-state index in [9.17, 15) is 0 Å². The number of pyridine rings is 1. The zero-order valence-electron chi connectivity index (χ0n) is 14.0. The van der Waals surface area contributed by atoms with E-state index in [4.69, 9.17) is 32.6 Å². The van der Waals surface area contributed by atoms with E-state index in [-0.39, 0.29) is 0 Å². The molecule has 0 fully saturated rings. The topological polar surface area (TPSA) is 38.4 Å². The lowest BCUT2D eigenvalue weighted by Crippen LogP contribution is -2.11. The minimum Gasteiger partial charge on any atom is -0.457 e. The Hall–Kier alpha value is -2.36.